The summed E-state index contributed by atoms with van der Waals surface area (Å²) >= 11 is 6.18. The van der Waals surface area contributed by atoms with E-state index >= 15 is 0 Å². The van der Waals surface area contributed by atoms with Gasteiger partial charge in [-0.3, -0.25) is 0 Å². The topological polar surface area (TPSA) is 17.0 Å². The van der Waals surface area contributed by atoms with Gasteiger partial charge in [0.25, 0.3) is 0 Å². The Kier molecular flexibility index (Phi) is 5.50. The van der Waals surface area contributed by atoms with Crippen LogP contribution in [0.4, 0.5) is 5.69 Å². The Balaban J connectivity index is 1.84. The van der Waals surface area contributed by atoms with Crippen molar-refractivity contribution in [2.75, 3.05) is 5.32 Å². The monoisotopic (exact) mass is 352 g/mol. The summed E-state index contributed by atoms with van der Waals surface area (Å²) in [6.07, 6.45) is 5.22. The molecule has 1 aromatic heterocycles. The molecule has 0 amide bonds. The summed E-state index contributed by atoms with van der Waals surface area (Å²) in [4.78, 5) is 0. The van der Waals surface area contributed by atoms with E-state index < -0.39 is 0 Å². The van der Waals surface area contributed by atoms with E-state index in [0.717, 1.165) is 23.6 Å². The second kappa shape index (κ2) is 7.79. The van der Waals surface area contributed by atoms with Gasteiger partial charge in [-0.2, -0.15) is 0 Å². The van der Waals surface area contributed by atoms with Gasteiger partial charge < -0.3 is 9.88 Å². The summed E-state index contributed by atoms with van der Waals surface area (Å²) in [5, 5.41) is 4.55. The number of nitrogens with zero attached hydrogens (tertiary/aromatic N) is 1. The Bertz CT molecular complexity index is 837. The molecule has 0 aliphatic rings. The van der Waals surface area contributed by atoms with Gasteiger partial charge in [0.2, 0.25) is 0 Å². The van der Waals surface area contributed by atoms with Crippen LogP contribution in [0, 0.1) is 13.8 Å². The summed E-state index contributed by atoms with van der Waals surface area (Å²) < 4.78 is 2.20. The average Bonchev–Trinajstić information content (AvgIpc) is 3.11. The Morgan fingerprint density at radius 1 is 1.04 bits per heavy atom. The van der Waals surface area contributed by atoms with Crippen LogP contribution in [0.3, 0.4) is 0 Å². The molecule has 2 nitrogen and oxygen atoms in total. The molecule has 0 fully saturated rings. The number of aryl methyl sites for hydroxylation is 1. The minimum absolute atomic E-state index is 0.275. The fourth-order valence-corrected chi connectivity index (χ4v) is 3.29. The van der Waals surface area contributed by atoms with Crippen LogP contribution in [-0.4, -0.2) is 4.57 Å². The number of benzene rings is 2. The van der Waals surface area contributed by atoms with Crippen LogP contribution in [-0.2, 0) is 6.54 Å². The molecule has 25 heavy (non-hydrogen) atoms. The van der Waals surface area contributed by atoms with Gasteiger partial charge in [0.05, 0.1) is 6.04 Å². The largest absolute Gasteiger partial charge is 0.378 e. The van der Waals surface area contributed by atoms with Gasteiger partial charge in [0.1, 0.15) is 0 Å². The predicted octanol–water partition coefficient (Wildman–Crippen LogP) is 6.37. The van der Waals surface area contributed by atoms with E-state index in [2.05, 4.69) is 85.5 Å². The smallest absolute Gasteiger partial charge is 0.0511 e. The molecule has 0 aliphatic carbocycles. The zero-order valence-corrected chi connectivity index (χ0v) is 15.8. The fraction of sp³-hybridized carbons (Fsp3) is 0.273. The van der Waals surface area contributed by atoms with Gasteiger partial charge in [0.15, 0.2) is 0 Å². The van der Waals surface area contributed by atoms with Crippen LogP contribution in [0.5, 0.6) is 0 Å². The first kappa shape index (κ1) is 17.6. The zero-order valence-electron chi connectivity index (χ0n) is 15.1. The summed E-state index contributed by atoms with van der Waals surface area (Å²) in [5.74, 6) is 0. The molecule has 3 rings (SSSR count). The van der Waals surface area contributed by atoms with Crippen LogP contribution in [0.1, 0.15) is 41.6 Å². The molecule has 130 valence electrons. The quantitative estimate of drug-likeness (QED) is 0.545. The lowest BCUT2D eigenvalue weighted by atomic mass is 10.0. The van der Waals surface area contributed by atoms with E-state index in [1.807, 2.05) is 6.07 Å². The maximum absolute atomic E-state index is 6.18. The highest BCUT2D eigenvalue weighted by Gasteiger charge is 2.13. The molecule has 1 heterocycles. The number of nitrogens with one attached hydrogen (secondary N) is 1. The Morgan fingerprint density at radius 2 is 1.80 bits per heavy atom. The highest BCUT2D eigenvalue weighted by Crippen LogP contribution is 2.29. The minimum atomic E-state index is 0.275. The highest BCUT2D eigenvalue weighted by molar-refractivity contribution is 6.31. The molecule has 0 spiro atoms. The van der Waals surface area contributed by atoms with E-state index in [0.29, 0.717) is 0 Å². The van der Waals surface area contributed by atoms with Crippen molar-refractivity contribution in [3.8, 4) is 0 Å². The second-order valence-electron chi connectivity index (χ2n) is 6.56. The first-order chi connectivity index (χ1) is 12.1. The number of aromatic nitrogens is 1. The van der Waals surface area contributed by atoms with Crippen molar-refractivity contribution in [2.24, 2.45) is 0 Å². The standard InChI is InChI=1S/C22H25ClN2/c1-4-21(18-10-11-20(23)16(2)14-18)24-22-9-7-8-19(17(22)3)15-25-12-5-6-13-25/h5-14,21,24H,4,15H2,1-3H3/t21-/m1/s1. The number of halogens is 1. The Morgan fingerprint density at radius 3 is 2.48 bits per heavy atom. The fourth-order valence-electron chi connectivity index (χ4n) is 3.18. The van der Waals surface area contributed by atoms with Gasteiger partial charge in [0, 0.05) is 29.6 Å². The van der Waals surface area contributed by atoms with Crippen molar-refractivity contribution in [1.29, 1.82) is 0 Å². The predicted molar refractivity (Wildman–Crippen MR) is 108 cm³/mol. The van der Waals surface area contributed by atoms with Crippen LogP contribution in [0.2, 0.25) is 5.02 Å². The molecule has 0 radical (unpaired) electrons. The van der Waals surface area contributed by atoms with Crippen LogP contribution in [0.25, 0.3) is 0 Å². The molecular weight excluding hydrogens is 328 g/mol. The van der Waals surface area contributed by atoms with E-state index in [1.165, 1.54) is 22.4 Å². The molecule has 0 aliphatic heterocycles. The third-order valence-electron chi connectivity index (χ3n) is 4.79. The molecule has 3 aromatic rings. The van der Waals surface area contributed by atoms with Gasteiger partial charge in [-0.1, -0.05) is 42.8 Å². The van der Waals surface area contributed by atoms with E-state index in [4.69, 9.17) is 11.6 Å². The summed E-state index contributed by atoms with van der Waals surface area (Å²) in [7, 11) is 0. The van der Waals surface area contributed by atoms with Crippen molar-refractivity contribution in [3.63, 3.8) is 0 Å². The number of hydrogen-bond donors (Lipinski definition) is 1. The SMILES string of the molecule is CC[C@@H](Nc1cccc(Cn2cccc2)c1C)c1ccc(Cl)c(C)c1. The maximum atomic E-state index is 6.18. The zero-order chi connectivity index (χ0) is 17.8. The first-order valence-corrected chi connectivity index (χ1v) is 9.18. The van der Waals surface area contributed by atoms with Gasteiger partial charge in [-0.05, 0) is 66.8 Å². The minimum Gasteiger partial charge on any atom is -0.378 e. The van der Waals surface area contributed by atoms with E-state index in [-0.39, 0.29) is 6.04 Å². The molecule has 2 aromatic carbocycles. The molecule has 0 unspecified atom stereocenters. The van der Waals surface area contributed by atoms with Crippen LogP contribution >= 0.6 is 11.6 Å². The summed E-state index contributed by atoms with van der Waals surface area (Å²) in [6.45, 7) is 7.36. The Labute approximate surface area is 155 Å². The molecule has 1 atom stereocenters. The third-order valence-corrected chi connectivity index (χ3v) is 5.21. The normalized spacial score (nSPS) is 12.2. The summed E-state index contributed by atoms with van der Waals surface area (Å²) in [6, 6.07) is 17.2. The van der Waals surface area contributed by atoms with Crippen LogP contribution in [0.15, 0.2) is 60.9 Å². The first-order valence-electron chi connectivity index (χ1n) is 8.80. The van der Waals surface area contributed by atoms with Crippen molar-refractivity contribution in [3.05, 3.63) is 88.2 Å². The van der Waals surface area contributed by atoms with E-state index in [9.17, 15) is 0 Å². The summed E-state index contributed by atoms with van der Waals surface area (Å²) in [5.41, 5.74) is 6.24. The van der Waals surface area contributed by atoms with Crippen LogP contribution < -0.4 is 5.32 Å². The van der Waals surface area contributed by atoms with Gasteiger partial charge in [-0.15, -0.1) is 0 Å². The van der Waals surface area contributed by atoms with Crippen molar-refractivity contribution >= 4 is 17.3 Å². The molecular formula is C22H25ClN2. The maximum Gasteiger partial charge on any atom is 0.0511 e. The van der Waals surface area contributed by atoms with E-state index in [1.54, 1.807) is 0 Å². The second-order valence-corrected chi connectivity index (χ2v) is 6.97. The van der Waals surface area contributed by atoms with Crippen molar-refractivity contribution < 1.29 is 0 Å². The number of hydrogen-bond acceptors (Lipinski definition) is 1. The van der Waals surface area contributed by atoms with Gasteiger partial charge >= 0.3 is 0 Å². The lowest BCUT2D eigenvalue weighted by molar-refractivity contribution is 0.745. The van der Waals surface area contributed by atoms with Crippen molar-refractivity contribution in [2.45, 2.75) is 39.8 Å². The molecule has 3 heteroatoms. The third kappa shape index (κ3) is 4.08. The average molecular weight is 353 g/mol. The molecule has 0 saturated carbocycles. The Hall–Kier alpha value is -2.19. The number of rotatable bonds is 6. The molecule has 0 saturated heterocycles. The lowest BCUT2D eigenvalue weighted by Gasteiger charge is -2.22. The van der Waals surface area contributed by atoms with Crippen molar-refractivity contribution in [1.82, 2.24) is 4.57 Å². The van der Waals surface area contributed by atoms with Gasteiger partial charge in [-0.25, -0.2) is 0 Å². The number of anilines is 1. The molecule has 0 bridgehead atoms. The lowest BCUT2D eigenvalue weighted by Crippen LogP contribution is -2.12. The highest BCUT2D eigenvalue weighted by atomic mass is 35.5. The molecule has 1 N–H and O–H groups in total.